The Morgan fingerprint density at radius 1 is 1.07 bits per heavy atom. The molecule has 1 N–H and O–H groups in total. The Bertz CT molecular complexity index is 658. The van der Waals surface area contributed by atoms with Crippen molar-refractivity contribution < 1.29 is 23.8 Å². The average molecular weight is 400 g/mol. The van der Waals surface area contributed by atoms with Crippen LogP contribution in [0.3, 0.4) is 0 Å². The fourth-order valence-electron chi connectivity index (χ4n) is 3.23. The number of methoxy groups -OCH3 is 2. The van der Waals surface area contributed by atoms with Gasteiger partial charge >= 0.3 is 0 Å². The highest BCUT2D eigenvalue weighted by Crippen LogP contribution is 2.28. The van der Waals surface area contributed by atoms with Gasteiger partial charge in [-0.2, -0.15) is 0 Å². The number of rotatable bonds is 4. The third kappa shape index (κ3) is 4.82. The highest BCUT2D eigenvalue weighted by Gasteiger charge is 2.30. The molecule has 0 aromatic heterocycles. The number of nitrogens with one attached hydrogen (secondary N) is 1. The maximum Gasteiger partial charge on any atom is 0.254 e. The lowest BCUT2D eigenvalue weighted by molar-refractivity contribution is -0.137. The van der Waals surface area contributed by atoms with Crippen LogP contribution in [0, 0.1) is 0 Å². The van der Waals surface area contributed by atoms with Gasteiger partial charge in [-0.3, -0.25) is 9.59 Å². The van der Waals surface area contributed by atoms with Crippen LogP contribution in [-0.4, -0.2) is 87.8 Å². The fourth-order valence-corrected chi connectivity index (χ4v) is 3.23. The molecule has 150 valence electrons. The van der Waals surface area contributed by atoms with Crippen LogP contribution >= 0.6 is 12.4 Å². The van der Waals surface area contributed by atoms with Gasteiger partial charge in [0.15, 0.2) is 11.5 Å². The third-order valence-electron chi connectivity index (χ3n) is 4.73. The second-order valence-corrected chi connectivity index (χ2v) is 6.27. The SMILES string of the molecule is COc1ccc(C(=O)N2CCN(C(=O)C3COCCN3)CC2)cc1OC.Cl. The standard InChI is InChI=1S/C18H25N3O5.ClH/c1-24-15-4-3-13(11-16(15)25-2)17(22)20-6-8-21(9-7-20)18(23)14-12-26-10-5-19-14;/h3-4,11,14,19H,5-10,12H2,1-2H3;1H. The van der Waals surface area contributed by atoms with Gasteiger partial charge in [0.05, 0.1) is 27.4 Å². The molecule has 8 nitrogen and oxygen atoms in total. The predicted octanol–water partition coefficient (Wildman–Crippen LogP) is 0.398. The second kappa shape index (κ2) is 9.77. The van der Waals surface area contributed by atoms with Crippen LogP contribution in [-0.2, 0) is 9.53 Å². The van der Waals surface area contributed by atoms with E-state index >= 15 is 0 Å². The Balaban J connectivity index is 0.00000261. The summed E-state index contributed by atoms with van der Waals surface area (Å²) >= 11 is 0. The van der Waals surface area contributed by atoms with Crippen molar-refractivity contribution in [1.29, 1.82) is 0 Å². The lowest BCUT2D eigenvalue weighted by Gasteiger charge is -2.37. The molecule has 2 heterocycles. The van der Waals surface area contributed by atoms with Crippen LogP contribution in [0.15, 0.2) is 18.2 Å². The molecule has 1 atom stereocenters. The van der Waals surface area contributed by atoms with Crippen LogP contribution in [0.1, 0.15) is 10.4 Å². The molecule has 0 aliphatic carbocycles. The van der Waals surface area contributed by atoms with Crippen molar-refractivity contribution in [3.05, 3.63) is 23.8 Å². The molecule has 1 aromatic rings. The first-order chi connectivity index (χ1) is 12.6. The normalized spacial score (nSPS) is 19.9. The van der Waals surface area contributed by atoms with Gasteiger partial charge in [-0.1, -0.05) is 0 Å². The maximum atomic E-state index is 12.7. The van der Waals surface area contributed by atoms with Crippen molar-refractivity contribution in [3.63, 3.8) is 0 Å². The number of piperazine rings is 1. The molecule has 2 amide bonds. The summed E-state index contributed by atoms with van der Waals surface area (Å²) < 4.78 is 15.8. The molecule has 3 rings (SSSR count). The first kappa shape index (κ1) is 21.3. The summed E-state index contributed by atoms with van der Waals surface area (Å²) in [6.45, 7) is 3.79. The van der Waals surface area contributed by atoms with E-state index in [9.17, 15) is 9.59 Å². The van der Waals surface area contributed by atoms with E-state index in [2.05, 4.69) is 5.32 Å². The summed E-state index contributed by atoms with van der Waals surface area (Å²) in [7, 11) is 3.10. The lowest BCUT2D eigenvalue weighted by Crippen LogP contribution is -2.57. The smallest absolute Gasteiger partial charge is 0.254 e. The zero-order chi connectivity index (χ0) is 18.5. The van der Waals surface area contributed by atoms with Crippen molar-refractivity contribution in [2.45, 2.75) is 6.04 Å². The number of carbonyl (C=O) groups is 2. The van der Waals surface area contributed by atoms with Crippen molar-refractivity contribution in [3.8, 4) is 11.5 Å². The van der Waals surface area contributed by atoms with E-state index in [-0.39, 0.29) is 30.3 Å². The summed E-state index contributed by atoms with van der Waals surface area (Å²) in [4.78, 5) is 28.8. The van der Waals surface area contributed by atoms with E-state index in [1.54, 1.807) is 42.2 Å². The summed E-state index contributed by atoms with van der Waals surface area (Å²) in [5.41, 5.74) is 0.546. The molecule has 2 aliphatic rings. The van der Waals surface area contributed by atoms with Gasteiger partial charge in [-0.25, -0.2) is 0 Å². The number of halogens is 1. The molecule has 2 aliphatic heterocycles. The van der Waals surface area contributed by atoms with Gasteiger partial charge in [0.2, 0.25) is 5.91 Å². The minimum Gasteiger partial charge on any atom is -0.493 e. The van der Waals surface area contributed by atoms with Crippen LogP contribution < -0.4 is 14.8 Å². The first-order valence-corrected chi connectivity index (χ1v) is 8.75. The first-order valence-electron chi connectivity index (χ1n) is 8.75. The highest BCUT2D eigenvalue weighted by molar-refractivity contribution is 5.95. The molecule has 9 heteroatoms. The maximum absolute atomic E-state index is 12.7. The predicted molar refractivity (Wildman–Crippen MR) is 102 cm³/mol. The lowest BCUT2D eigenvalue weighted by atomic mass is 10.1. The van der Waals surface area contributed by atoms with Crippen LogP contribution in [0.4, 0.5) is 0 Å². The molecule has 1 aromatic carbocycles. The Morgan fingerprint density at radius 2 is 1.74 bits per heavy atom. The molecule has 1 unspecified atom stereocenters. The van der Waals surface area contributed by atoms with Gasteiger partial charge in [0.1, 0.15) is 6.04 Å². The van der Waals surface area contributed by atoms with E-state index in [1.807, 2.05) is 0 Å². The second-order valence-electron chi connectivity index (χ2n) is 6.27. The largest absolute Gasteiger partial charge is 0.493 e. The van der Waals surface area contributed by atoms with Gasteiger partial charge in [0, 0.05) is 38.3 Å². The van der Waals surface area contributed by atoms with Gasteiger partial charge < -0.3 is 29.3 Å². The number of ether oxygens (including phenoxy) is 3. The Kier molecular flexibility index (Phi) is 7.70. The quantitative estimate of drug-likeness (QED) is 0.789. The number of nitrogens with zero attached hydrogens (tertiary/aromatic N) is 2. The molecular formula is C18H26ClN3O5. The molecule has 27 heavy (non-hydrogen) atoms. The van der Waals surface area contributed by atoms with E-state index in [0.717, 1.165) is 0 Å². The Labute approximate surface area is 165 Å². The van der Waals surface area contributed by atoms with Crippen molar-refractivity contribution >= 4 is 24.2 Å². The third-order valence-corrected chi connectivity index (χ3v) is 4.73. The fraction of sp³-hybridized carbons (Fsp3) is 0.556. The monoisotopic (exact) mass is 399 g/mol. The van der Waals surface area contributed by atoms with E-state index < -0.39 is 0 Å². The number of morpholine rings is 1. The number of hydrogen-bond acceptors (Lipinski definition) is 6. The van der Waals surface area contributed by atoms with Crippen LogP contribution in [0.5, 0.6) is 11.5 Å². The zero-order valence-corrected chi connectivity index (χ0v) is 16.4. The summed E-state index contributed by atoms with van der Waals surface area (Å²) in [5, 5.41) is 3.18. The molecule has 2 fully saturated rings. The van der Waals surface area contributed by atoms with Crippen LogP contribution in [0.2, 0.25) is 0 Å². The van der Waals surface area contributed by atoms with Gasteiger partial charge in [-0.05, 0) is 18.2 Å². The Morgan fingerprint density at radius 3 is 2.33 bits per heavy atom. The molecular weight excluding hydrogens is 374 g/mol. The van der Waals surface area contributed by atoms with Crippen LogP contribution in [0.25, 0.3) is 0 Å². The summed E-state index contributed by atoms with van der Waals surface area (Å²) in [6, 6.07) is 4.85. The minimum atomic E-state index is -0.281. The highest BCUT2D eigenvalue weighted by atomic mass is 35.5. The van der Waals surface area contributed by atoms with Gasteiger partial charge in [-0.15, -0.1) is 12.4 Å². The molecule has 2 saturated heterocycles. The molecule has 0 spiro atoms. The number of hydrogen-bond donors (Lipinski definition) is 1. The van der Waals surface area contributed by atoms with Crippen molar-refractivity contribution in [2.24, 2.45) is 0 Å². The van der Waals surface area contributed by atoms with E-state index in [1.165, 1.54) is 0 Å². The number of amides is 2. The average Bonchev–Trinajstić information content (AvgIpc) is 2.73. The van der Waals surface area contributed by atoms with E-state index in [4.69, 9.17) is 14.2 Å². The molecule has 0 saturated carbocycles. The number of benzene rings is 1. The number of carbonyl (C=O) groups excluding carboxylic acids is 2. The minimum absolute atomic E-state index is 0. The molecule has 0 radical (unpaired) electrons. The van der Waals surface area contributed by atoms with Crippen molar-refractivity contribution in [2.75, 3.05) is 60.2 Å². The zero-order valence-electron chi connectivity index (χ0n) is 15.6. The summed E-state index contributed by atoms with van der Waals surface area (Å²) in [6.07, 6.45) is 0. The van der Waals surface area contributed by atoms with E-state index in [0.29, 0.717) is 63.0 Å². The van der Waals surface area contributed by atoms with Gasteiger partial charge in [0.25, 0.3) is 5.91 Å². The summed E-state index contributed by atoms with van der Waals surface area (Å²) in [5.74, 6) is 1.08. The van der Waals surface area contributed by atoms with Crippen molar-refractivity contribution in [1.82, 2.24) is 15.1 Å². The Hall–Kier alpha value is -2.03. The topological polar surface area (TPSA) is 80.3 Å². The molecule has 0 bridgehead atoms.